The maximum absolute atomic E-state index is 13.7. The molecule has 0 unspecified atom stereocenters. The van der Waals surface area contributed by atoms with E-state index in [9.17, 15) is 34.8 Å². The van der Waals surface area contributed by atoms with Crippen LogP contribution in [0, 0.1) is 11.3 Å². The van der Waals surface area contributed by atoms with Gasteiger partial charge in [-0.05, 0) is 35.3 Å². The molecule has 158 valence electrons. The monoisotopic (exact) mass is 518 g/mol. The standard InChI is InChI=1S/C14H4Cl4F6N2O2S/c15-7-1-5(13(21,22)23)2-8(16)11(7)26-4-9(29(27,28)14(17,18)24)6(3-25)10(26)12(19)20/h1-2,4,12H. The summed E-state index contributed by atoms with van der Waals surface area (Å²) in [5.74, 6) is 0. The van der Waals surface area contributed by atoms with Crippen molar-refractivity contribution >= 4 is 56.2 Å². The number of benzene rings is 1. The van der Waals surface area contributed by atoms with E-state index in [0.29, 0.717) is 18.3 Å². The molecule has 2 aromatic rings. The van der Waals surface area contributed by atoms with Crippen LogP contribution in [0.15, 0.2) is 23.2 Å². The quantitative estimate of drug-likeness (QED) is 0.344. The number of halogens is 10. The number of hydrogen-bond acceptors (Lipinski definition) is 3. The number of nitriles is 1. The van der Waals surface area contributed by atoms with E-state index in [1.165, 1.54) is 0 Å². The molecule has 15 heteroatoms. The van der Waals surface area contributed by atoms with Crippen LogP contribution in [0.5, 0.6) is 0 Å². The van der Waals surface area contributed by atoms with Gasteiger partial charge in [0.05, 0.1) is 26.9 Å². The molecule has 0 amide bonds. The highest BCUT2D eigenvalue weighted by Crippen LogP contribution is 2.43. The molecule has 0 saturated heterocycles. The Hall–Kier alpha value is -1.32. The molecule has 2 rings (SSSR count). The SMILES string of the molecule is N#Cc1c(S(=O)(=O)C(F)(Cl)Cl)cn(-c2c(Cl)cc(C(F)(F)F)cc2Cl)c1C(F)F. The van der Waals surface area contributed by atoms with Crippen molar-refractivity contribution in [2.75, 3.05) is 0 Å². The molecule has 1 heterocycles. The summed E-state index contributed by atoms with van der Waals surface area (Å²) in [4.78, 5) is -1.34. The Bertz CT molecular complexity index is 1090. The largest absolute Gasteiger partial charge is 0.416 e. The maximum Gasteiger partial charge on any atom is 0.416 e. The second kappa shape index (κ2) is 7.74. The van der Waals surface area contributed by atoms with Crippen LogP contribution >= 0.6 is 46.4 Å². The third kappa shape index (κ3) is 4.27. The average molecular weight is 520 g/mol. The molecule has 0 spiro atoms. The van der Waals surface area contributed by atoms with Crippen molar-refractivity contribution in [2.24, 2.45) is 0 Å². The molecule has 1 aromatic heterocycles. The van der Waals surface area contributed by atoms with Crippen LogP contribution in [0.3, 0.4) is 0 Å². The predicted molar refractivity (Wildman–Crippen MR) is 93.2 cm³/mol. The lowest BCUT2D eigenvalue weighted by atomic mass is 10.2. The molecular weight excluding hydrogens is 516 g/mol. The van der Waals surface area contributed by atoms with Gasteiger partial charge in [-0.15, -0.1) is 0 Å². The molecule has 0 aliphatic carbocycles. The van der Waals surface area contributed by atoms with Crippen LogP contribution < -0.4 is 0 Å². The van der Waals surface area contributed by atoms with E-state index in [4.69, 9.17) is 51.7 Å². The van der Waals surface area contributed by atoms with Crippen LogP contribution in [0.1, 0.15) is 23.2 Å². The third-order valence-corrected chi connectivity index (χ3v) is 6.80. The zero-order valence-electron chi connectivity index (χ0n) is 13.2. The number of sulfone groups is 1. The van der Waals surface area contributed by atoms with Gasteiger partial charge in [0.15, 0.2) is 0 Å². The Balaban J connectivity index is 2.95. The minimum atomic E-state index is -5.40. The molecule has 29 heavy (non-hydrogen) atoms. The number of nitrogens with zero attached hydrogens (tertiary/aromatic N) is 2. The van der Waals surface area contributed by atoms with Gasteiger partial charge in [-0.3, -0.25) is 0 Å². The minimum absolute atomic E-state index is 0.264. The van der Waals surface area contributed by atoms with Crippen molar-refractivity contribution in [3.8, 4) is 11.8 Å². The van der Waals surface area contributed by atoms with Gasteiger partial charge in [0, 0.05) is 6.20 Å². The van der Waals surface area contributed by atoms with Crippen molar-refractivity contribution in [2.45, 2.75) is 21.4 Å². The molecule has 0 aliphatic rings. The topological polar surface area (TPSA) is 62.9 Å². The predicted octanol–water partition coefficient (Wildman–Crippen LogP) is 6.44. The second-order valence-corrected chi connectivity index (χ2v) is 9.78. The van der Waals surface area contributed by atoms with Crippen LogP contribution in [-0.2, 0) is 16.0 Å². The van der Waals surface area contributed by atoms with Crippen molar-refractivity contribution in [3.05, 3.63) is 45.2 Å². The number of alkyl halides is 8. The van der Waals surface area contributed by atoms with Gasteiger partial charge < -0.3 is 4.57 Å². The zero-order chi connectivity index (χ0) is 22.5. The molecule has 1 aromatic carbocycles. The van der Waals surface area contributed by atoms with Crippen molar-refractivity contribution in [3.63, 3.8) is 0 Å². The van der Waals surface area contributed by atoms with Crippen molar-refractivity contribution in [1.82, 2.24) is 4.57 Å². The van der Waals surface area contributed by atoms with Crippen molar-refractivity contribution in [1.29, 1.82) is 5.26 Å². The van der Waals surface area contributed by atoms with Crippen LogP contribution in [0.2, 0.25) is 10.0 Å². The van der Waals surface area contributed by atoms with E-state index in [1.807, 2.05) is 0 Å². The summed E-state index contributed by atoms with van der Waals surface area (Å²) in [5.41, 5.74) is -4.59. The fourth-order valence-corrected chi connectivity index (χ4v) is 4.38. The highest BCUT2D eigenvalue weighted by Gasteiger charge is 2.45. The Morgan fingerprint density at radius 3 is 1.90 bits per heavy atom. The number of hydrogen-bond donors (Lipinski definition) is 0. The van der Waals surface area contributed by atoms with Crippen LogP contribution in [0.4, 0.5) is 26.3 Å². The van der Waals surface area contributed by atoms with E-state index in [1.54, 1.807) is 0 Å². The maximum atomic E-state index is 13.7. The molecule has 0 aliphatic heterocycles. The van der Waals surface area contributed by atoms with Gasteiger partial charge >= 0.3 is 10.1 Å². The van der Waals surface area contributed by atoms with Crippen LogP contribution in [-0.4, -0.2) is 16.9 Å². The minimum Gasteiger partial charge on any atom is -0.310 e. The fourth-order valence-electron chi connectivity index (χ4n) is 2.30. The molecular formula is C14H4Cl4F6N2O2S. The van der Waals surface area contributed by atoms with E-state index >= 15 is 0 Å². The van der Waals surface area contributed by atoms with Gasteiger partial charge in [0.2, 0.25) is 9.84 Å². The molecule has 0 bridgehead atoms. The Labute approximate surface area is 179 Å². The normalized spacial score (nSPS) is 13.0. The molecule has 0 N–H and O–H groups in total. The Morgan fingerprint density at radius 1 is 1.07 bits per heavy atom. The Morgan fingerprint density at radius 2 is 1.55 bits per heavy atom. The van der Waals surface area contributed by atoms with E-state index in [-0.39, 0.29) is 4.57 Å². The Kier molecular flexibility index (Phi) is 6.39. The average Bonchev–Trinajstić information content (AvgIpc) is 2.92. The van der Waals surface area contributed by atoms with Gasteiger partial charge in [-0.25, -0.2) is 17.2 Å². The van der Waals surface area contributed by atoms with Gasteiger partial charge in [-0.2, -0.15) is 22.8 Å². The summed E-state index contributed by atoms with van der Waals surface area (Å²) in [6.45, 7) is 0. The summed E-state index contributed by atoms with van der Waals surface area (Å²) in [6.07, 6.45) is -8.12. The zero-order valence-corrected chi connectivity index (χ0v) is 17.0. The second-order valence-electron chi connectivity index (χ2n) is 5.27. The van der Waals surface area contributed by atoms with E-state index < -0.39 is 63.8 Å². The first-order chi connectivity index (χ1) is 13.0. The van der Waals surface area contributed by atoms with Crippen molar-refractivity contribution < 1.29 is 34.8 Å². The summed E-state index contributed by atoms with van der Waals surface area (Å²) >= 11 is 21.4. The number of rotatable bonds is 4. The van der Waals surface area contributed by atoms with E-state index in [2.05, 4.69) is 0 Å². The third-order valence-electron chi connectivity index (χ3n) is 3.51. The molecule has 0 fully saturated rings. The first kappa shape index (κ1) is 24.0. The highest BCUT2D eigenvalue weighted by atomic mass is 35.5. The number of aromatic nitrogens is 1. The summed E-state index contributed by atoms with van der Waals surface area (Å²) in [7, 11) is -5.40. The summed E-state index contributed by atoms with van der Waals surface area (Å²) < 4.78 is 100. The lowest BCUT2D eigenvalue weighted by Crippen LogP contribution is -2.21. The summed E-state index contributed by atoms with van der Waals surface area (Å²) in [6, 6.07) is 1.85. The molecule has 4 nitrogen and oxygen atoms in total. The van der Waals surface area contributed by atoms with E-state index in [0.717, 1.165) is 6.07 Å². The molecule has 0 saturated carbocycles. The highest BCUT2D eigenvalue weighted by molar-refractivity contribution is 7.95. The smallest absolute Gasteiger partial charge is 0.310 e. The fraction of sp³-hybridized carbons (Fsp3) is 0.214. The summed E-state index contributed by atoms with van der Waals surface area (Å²) in [5, 5.41) is 7.53. The van der Waals surface area contributed by atoms with Crippen LogP contribution in [0.25, 0.3) is 5.69 Å². The lowest BCUT2D eigenvalue weighted by molar-refractivity contribution is -0.137. The molecule has 0 radical (unpaired) electrons. The first-order valence-electron chi connectivity index (χ1n) is 6.85. The molecule has 0 atom stereocenters. The lowest BCUT2D eigenvalue weighted by Gasteiger charge is -2.15. The van der Waals surface area contributed by atoms with Gasteiger partial charge in [0.1, 0.15) is 16.7 Å². The first-order valence-corrected chi connectivity index (χ1v) is 9.85. The van der Waals surface area contributed by atoms with Gasteiger partial charge in [0.25, 0.3) is 6.43 Å². The van der Waals surface area contributed by atoms with Gasteiger partial charge in [-0.1, -0.05) is 23.2 Å².